The predicted octanol–water partition coefficient (Wildman–Crippen LogP) is 2.43. The predicted molar refractivity (Wildman–Crippen MR) is 88.1 cm³/mol. The van der Waals surface area contributed by atoms with Crippen LogP contribution < -0.4 is 4.74 Å². The van der Waals surface area contributed by atoms with Crippen LogP contribution in [0.1, 0.15) is 37.8 Å². The van der Waals surface area contributed by atoms with Gasteiger partial charge in [0.05, 0.1) is 12.1 Å². The molecule has 5 nitrogen and oxygen atoms in total. The molecule has 0 unspecified atom stereocenters. The lowest BCUT2D eigenvalue weighted by Gasteiger charge is -2.24. The number of hydrogen-bond acceptors (Lipinski definition) is 3. The molecular weight excluding hydrogens is 316 g/mol. The number of benzene rings is 1. The summed E-state index contributed by atoms with van der Waals surface area (Å²) in [6.45, 7) is 6.23. The van der Waals surface area contributed by atoms with Crippen LogP contribution in [0.25, 0.3) is 0 Å². The molecule has 1 aliphatic rings. The van der Waals surface area contributed by atoms with Crippen molar-refractivity contribution in [2.45, 2.75) is 26.7 Å². The van der Waals surface area contributed by atoms with Gasteiger partial charge in [0, 0.05) is 24.2 Å². The van der Waals surface area contributed by atoms with Crippen molar-refractivity contribution in [3.8, 4) is 17.6 Å². The average molecular weight is 335 g/mol. The number of ether oxygens (including phenoxy) is 1. The van der Waals surface area contributed by atoms with Crippen molar-refractivity contribution in [3.05, 3.63) is 28.3 Å². The number of amides is 2. The quantitative estimate of drug-likeness (QED) is 0.627. The second-order valence-electron chi connectivity index (χ2n) is 4.99. The van der Waals surface area contributed by atoms with E-state index in [0.717, 1.165) is 0 Å². The fourth-order valence-corrected chi connectivity index (χ4v) is 3.12. The fraction of sp³-hybridized carbons (Fsp3) is 0.412. The first kappa shape index (κ1) is 17.2. The average Bonchev–Trinajstić information content (AvgIpc) is 2.77. The molecule has 1 heterocycles. The van der Waals surface area contributed by atoms with Gasteiger partial charge in [-0.3, -0.25) is 19.6 Å². The SMILES string of the molecule is CC#Cc1cc(Cl)c(C2C(=O)N(CC)N(CC)C2=O)c(OC)c1. The molecule has 1 aromatic rings. The Morgan fingerprint density at radius 1 is 1.17 bits per heavy atom. The van der Waals surface area contributed by atoms with Crippen LogP contribution in [0, 0.1) is 11.8 Å². The van der Waals surface area contributed by atoms with Gasteiger partial charge in [-0.2, -0.15) is 0 Å². The molecule has 0 saturated carbocycles. The van der Waals surface area contributed by atoms with Crippen molar-refractivity contribution in [1.82, 2.24) is 10.0 Å². The summed E-state index contributed by atoms with van der Waals surface area (Å²) in [5, 5.41) is 3.20. The van der Waals surface area contributed by atoms with E-state index in [9.17, 15) is 9.59 Å². The number of methoxy groups -OCH3 is 1. The van der Waals surface area contributed by atoms with Crippen molar-refractivity contribution >= 4 is 23.4 Å². The first-order chi connectivity index (χ1) is 11.0. The topological polar surface area (TPSA) is 49.9 Å². The summed E-state index contributed by atoms with van der Waals surface area (Å²) < 4.78 is 5.37. The first-order valence-electron chi connectivity index (χ1n) is 7.42. The zero-order valence-corrected chi connectivity index (χ0v) is 14.4. The molecule has 1 aromatic carbocycles. The van der Waals surface area contributed by atoms with E-state index in [2.05, 4.69) is 11.8 Å². The van der Waals surface area contributed by atoms with Crippen LogP contribution in [0.5, 0.6) is 5.75 Å². The number of likely N-dealkylation sites (N-methyl/N-ethyl adjacent to an activating group) is 2. The van der Waals surface area contributed by atoms with Gasteiger partial charge in [-0.25, -0.2) is 0 Å². The summed E-state index contributed by atoms with van der Waals surface area (Å²) in [4.78, 5) is 25.3. The largest absolute Gasteiger partial charge is 0.496 e. The Labute approximate surface area is 141 Å². The van der Waals surface area contributed by atoms with Gasteiger partial charge in [0.25, 0.3) is 11.8 Å². The third-order valence-corrected chi connectivity index (χ3v) is 4.08. The van der Waals surface area contributed by atoms with E-state index in [1.54, 1.807) is 19.1 Å². The third kappa shape index (κ3) is 2.87. The zero-order valence-electron chi connectivity index (χ0n) is 13.6. The van der Waals surface area contributed by atoms with Gasteiger partial charge in [0.2, 0.25) is 0 Å². The molecular formula is C17H19ClN2O3. The Morgan fingerprint density at radius 2 is 1.74 bits per heavy atom. The second kappa shape index (κ2) is 6.93. The molecule has 0 atom stereocenters. The van der Waals surface area contributed by atoms with E-state index in [1.807, 2.05) is 13.8 Å². The summed E-state index contributed by atoms with van der Waals surface area (Å²) in [6.07, 6.45) is 0. The normalized spacial score (nSPS) is 15.0. The minimum Gasteiger partial charge on any atom is -0.496 e. The maximum Gasteiger partial charge on any atom is 0.258 e. The van der Waals surface area contributed by atoms with E-state index in [4.69, 9.17) is 16.3 Å². The van der Waals surface area contributed by atoms with Gasteiger partial charge in [-0.15, -0.1) is 5.92 Å². The second-order valence-corrected chi connectivity index (χ2v) is 5.40. The van der Waals surface area contributed by atoms with Gasteiger partial charge >= 0.3 is 0 Å². The molecule has 122 valence electrons. The number of rotatable bonds is 4. The minimum atomic E-state index is -0.971. The van der Waals surface area contributed by atoms with Crippen molar-refractivity contribution in [3.63, 3.8) is 0 Å². The van der Waals surface area contributed by atoms with Crippen molar-refractivity contribution < 1.29 is 14.3 Å². The molecule has 2 amide bonds. The lowest BCUT2D eigenvalue weighted by molar-refractivity contribution is -0.145. The van der Waals surface area contributed by atoms with E-state index in [-0.39, 0.29) is 11.8 Å². The molecule has 1 fully saturated rings. The van der Waals surface area contributed by atoms with Gasteiger partial charge < -0.3 is 4.74 Å². The third-order valence-electron chi connectivity index (χ3n) is 3.76. The standard InChI is InChI=1S/C17H19ClN2O3/c1-5-8-11-9-12(18)14(13(10-11)23-4)15-16(21)19(6-2)20(7-3)17(15)22/h9-10,15H,6-7H2,1-4H3. The van der Waals surface area contributed by atoms with Crippen molar-refractivity contribution in [2.24, 2.45) is 0 Å². The van der Waals surface area contributed by atoms with Crippen LogP contribution >= 0.6 is 11.6 Å². The number of nitrogens with zero attached hydrogens (tertiary/aromatic N) is 2. The Morgan fingerprint density at radius 3 is 2.17 bits per heavy atom. The van der Waals surface area contributed by atoms with E-state index in [1.165, 1.54) is 17.1 Å². The number of halogens is 1. The summed E-state index contributed by atoms with van der Waals surface area (Å²) in [5.74, 6) is 4.55. The Hall–Kier alpha value is -2.19. The molecule has 23 heavy (non-hydrogen) atoms. The molecule has 0 radical (unpaired) electrons. The zero-order chi connectivity index (χ0) is 17.1. The molecule has 0 aliphatic carbocycles. The van der Waals surface area contributed by atoms with Crippen LogP contribution in [0.3, 0.4) is 0 Å². The highest BCUT2D eigenvalue weighted by Crippen LogP contribution is 2.39. The van der Waals surface area contributed by atoms with Crippen molar-refractivity contribution in [2.75, 3.05) is 20.2 Å². The molecule has 0 N–H and O–H groups in total. The lowest BCUT2D eigenvalue weighted by atomic mass is 9.95. The molecule has 2 rings (SSSR count). The minimum absolute atomic E-state index is 0.283. The van der Waals surface area contributed by atoms with Gasteiger partial charge in [0.1, 0.15) is 5.75 Å². The maximum atomic E-state index is 12.7. The number of hydrazine groups is 1. The summed E-state index contributed by atoms with van der Waals surface area (Å²) in [5.41, 5.74) is 1.08. The van der Waals surface area contributed by atoms with Crippen molar-refractivity contribution in [1.29, 1.82) is 0 Å². The van der Waals surface area contributed by atoms with E-state index >= 15 is 0 Å². The van der Waals surface area contributed by atoms with Gasteiger partial charge in [0.15, 0.2) is 5.92 Å². The molecule has 1 saturated heterocycles. The van der Waals surface area contributed by atoms with Gasteiger partial charge in [-0.05, 0) is 32.9 Å². The summed E-state index contributed by atoms with van der Waals surface area (Å²) >= 11 is 6.35. The summed E-state index contributed by atoms with van der Waals surface area (Å²) in [6, 6.07) is 3.35. The van der Waals surface area contributed by atoms with Crippen LogP contribution in [0.2, 0.25) is 5.02 Å². The fourth-order valence-electron chi connectivity index (χ4n) is 2.80. The van der Waals surface area contributed by atoms with E-state index in [0.29, 0.717) is 35.0 Å². The molecule has 0 aromatic heterocycles. The van der Waals surface area contributed by atoms with E-state index < -0.39 is 5.92 Å². The molecule has 6 heteroatoms. The highest BCUT2D eigenvalue weighted by atomic mass is 35.5. The molecule has 0 spiro atoms. The maximum absolute atomic E-state index is 12.7. The number of hydrogen-bond donors (Lipinski definition) is 0. The van der Waals surface area contributed by atoms with Crippen LogP contribution in [0.15, 0.2) is 12.1 Å². The first-order valence-corrected chi connectivity index (χ1v) is 7.80. The number of carbonyl (C=O) groups is 2. The molecule has 1 aliphatic heterocycles. The van der Waals surface area contributed by atoms with Gasteiger partial charge in [-0.1, -0.05) is 17.5 Å². The Bertz CT molecular complexity index is 684. The smallest absolute Gasteiger partial charge is 0.258 e. The monoisotopic (exact) mass is 334 g/mol. The highest BCUT2D eigenvalue weighted by Gasteiger charge is 2.47. The Balaban J connectivity index is 2.59. The highest BCUT2D eigenvalue weighted by molar-refractivity contribution is 6.32. The number of carbonyl (C=O) groups excluding carboxylic acids is 2. The van der Waals surface area contributed by atoms with Crippen LogP contribution in [-0.2, 0) is 9.59 Å². The lowest BCUT2D eigenvalue weighted by Crippen LogP contribution is -2.40. The Kier molecular flexibility index (Phi) is 5.17. The summed E-state index contributed by atoms with van der Waals surface area (Å²) in [7, 11) is 1.48. The van der Waals surface area contributed by atoms with Crippen LogP contribution in [0.4, 0.5) is 0 Å². The van der Waals surface area contributed by atoms with Crippen LogP contribution in [-0.4, -0.2) is 42.0 Å². The molecule has 0 bridgehead atoms.